The van der Waals surface area contributed by atoms with Gasteiger partial charge in [0.1, 0.15) is 5.76 Å². The van der Waals surface area contributed by atoms with Crippen molar-refractivity contribution in [1.29, 1.82) is 0 Å². The quantitative estimate of drug-likeness (QED) is 0.720. The average Bonchev–Trinajstić information content (AvgIpc) is 3.07. The zero-order valence-corrected chi connectivity index (χ0v) is 13.1. The lowest BCUT2D eigenvalue weighted by atomic mass is 10.2. The highest BCUT2D eigenvalue weighted by Gasteiger charge is 2.22. The van der Waals surface area contributed by atoms with Crippen LogP contribution in [-0.2, 0) is 16.6 Å². The predicted molar refractivity (Wildman–Crippen MR) is 78.0 cm³/mol. The van der Waals surface area contributed by atoms with Crippen LogP contribution in [0.4, 0.5) is 0 Å². The van der Waals surface area contributed by atoms with Gasteiger partial charge in [-0.15, -0.1) is 0 Å². The monoisotopic (exact) mass is 312 g/mol. The number of rotatable bonds is 7. The second kappa shape index (κ2) is 6.42. The van der Waals surface area contributed by atoms with E-state index in [0.717, 1.165) is 5.56 Å². The van der Waals surface area contributed by atoms with Gasteiger partial charge in [0, 0.05) is 23.8 Å². The highest BCUT2D eigenvalue weighted by Crippen LogP contribution is 2.18. The lowest BCUT2D eigenvalue weighted by Gasteiger charge is -2.10. The fourth-order valence-corrected chi connectivity index (χ4v) is 2.94. The highest BCUT2D eigenvalue weighted by molar-refractivity contribution is 7.89. The van der Waals surface area contributed by atoms with E-state index >= 15 is 0 Å². The number of H-pyrrole nitrogens is 1. The molecule has 1 unspecified atom stereocenters. The lowest BCUT2D eigenvalue weighted by Crippen LogP contribution is -2.26. The smallest absolute Gasteiger partial charge is 0.274 e. The first-order valence-corrected chi connectivity index (χ1v) is 8.20. The second-order valence-electron chi connectivity index (χ2n) is 5.13. The summed E-state index contributed by atoms with van der Waals surface area (Å²) >= 11 is 0. The van der Waals surface area contributed by atoms with Gasteiger partial charge >= 0.3 is 0 Å². The molecule has 21 heavy (non-hydrogen) atoms. The van der Waals surface area contributed by atoms with Crippen LogP contribution < -0.4 is 10.0 Å². The maximum Gasteiger partial charge on any atom is 0.274 e. The molecule has 0 bridgehead atoms. The number of nitrogens with zero attached hydrogens (tertiary/aromatic N) is 1. The molecule has 0 aliphatic rings. The van der Waals surface area contributed by atoms with Gasteiger partial charge in [0.2, 0.25) is 5.09 Å². The van der Waals surface area contributed by atoms with Crippen LogP contribution in [0.3, 0.4) is 0 Å². The summed E-state index contributed by atoms with van der Waals surface area (Å²) in [6.07, 6.45) is 3.22. The topological polar surface area (TPSA) is 100 Å². The van der Waals surface area contributed by atoms with Crippen LogP contribution in [0.15, 0.2) is 34.0 Å². The Balaban J connectivity index is 2.05. The number of hydrogen-bond donors (Lipinski definition) is 3. The predicted octanol–water partition coefficient (Wildman–Crippen LogP) is 1.54. The first-order valence-electron chi connectivity index (χ1n) is 6.71. The lowest BCUT2D eigenvalue weighted by molar-refractivity contribution is 0.392. The third kappa shape index (κ3) is 4.16. The normalized spacial score (nSPS) is 13.7. The molecule has 2 aromatic rings. The average molecular weight is 312 g/mol. The van der Waals surface area contributed by atoms with Crippen molar-refractivity contribution >= 4 is 10.0 Å². The minimum Gasteiger partial charge on any atom is -0.447 e. The number of furan rings is 1. The van der Waals surface area contributed by atoms with Gasteiger partial charge in [-0.05, 0) is 19.1 Å². The van der Waals surface area contributed by atoms with Crippen molar-refractivity contribution < 1.29 is 12.8 Å². The van der Waals surface area contributed by atoms with E-state index in [1.54, 1.807) is 25.4 Å². The third-order valence-electron chi connectivity index (χ3n) is 2.94. The van der Waals surface area contributed by atoms with E-state index in [4.69, 9.17) is 4.42 Å². The highest BCUT2D eigenvalue weighted by atomic mass is 32.2. The van der Waals surface area contributed by atoms with Gasteiger partial charge in [0.05, 0.1) is 12.7 Å². The van der Waals surface area contributed by atoms with E-state index in [9.17, 15) is 8.42 Å². The Morgan fingerprint density at radius 3 is 2.71 bits per heavy atom. The third-order valence-corrected chi connectivity index (χ3v) is 4.35. The Labute approximate surface area is 124 Å². The molecular formula is C13H20N4O3S. The van der Waals surface area contributed by atoms with Crippen LogP contribution in [-0.4, -0.2) is 24.7 Å². The summed E-state index contributed by atoms with van der Waals surface area (Å²) in [6.45, 7) is 6.25. The molecule has 0 amide bonds. The molecule has 0 spiro atoms. The fraction of sp³-hybridized carbons (Fsp3) is 0.462. The fourth-order valence-electron chi connectivity index (χ4n) is 1.76. The molecule has 0 aliphatic heterocycles. The van der Waals surface area contributed by atoms with Crippen LogP contribution in [0, 0.1) is 0 Å². The minimum atomic E-state index is -3.69. The Morgan fingerprint density at radius 1 is 1.33 bits per heavy atom. The summed E-state index contributed by atoms with van der Waals surface area (Å²) in [7, 11) is -3.69. The number of nitrogens with one attached hydrogen (secondary N) is 3. The molecule has 0 aromatic carbocycles. The van der Waals surface area contributed by atoms with Crippen LogP contribution in [0.5, 0.6) is 0 Å². The largest absolute Gasteiger partial charge is 0.447 e. The van der Waals surface area contributed by atoms with Crippen molar-refractivity contribution in [2.45, 2.75) is 44.5 Å². The van der Waals surface area contributed by atoms with Crippen LogP contribution in [0.2, 0.25) is 0 Å². The van der Waals surface area contributed by atoms with Gasteiger partial charge in [-0.1, -0.05) is 13.8 Å². The van der Waals surface area contributed by atoms with E-state index < -0.39 is 16.1 Å². The second-order valence-corrected chi connectivity index (χ2v) is 6.78. The summed E-state index contributed by atoms with van der Waals surface area (Å²) in [6, 6.07) is 3.03. The van der Waals surface area contributed by atoms with E-state index in [1.165, 1.54) is 6.07 Å². The molecule has 2 heterocycles. The first kappa shape index (κ1) is 15.7. The van der Waals surface area contributed by atoms with Crippen molar-refractivity contribution in [2.75, 3.05) is 0 Å². The summed E-state index contributed by atoms with van der Waals surface area (Å²) < 4.78 is 32.4. The first-order chi connectivity index (χ1) is 9.88. The molecule has 2 aromatic heterocycles. The molecular weight excluding hydrogens is 292 g/mol. The molecule has 116 valence electrons. The van der Waals surface area contributed by atoms with Gasteiger partial charge in [-0.3, -0.25) is 5.10 Å². The van der Waals surface area contributed by atoms with Crippen molar-refractivity contribution in [3.05, 3.63) is 35.9 Å². The Kier molecular flexibility index (Phi) is 4.81. The molecule has 3 N–H and O–H groups in total. The number of aromatic nitrogens is 2. The molecule has 1 atom stereocenters. The standard InChI is InChI=1S/C13H20N4O3S/c1-9(2)14-8-12-4-5-13(20-12)21(18,19)17-10(3)11-6-15-16-7-11/h4-7,9-10,14,17H,8H2,1-3H3,(H,15,16). The molecule has 0 fully saturated rings. The maximum atomic E-state index is 12.2. The van der Waals surface area contributed by atoms with E-state index in [1.807, 2.05) is 13.8 Å². The Hall–Kier alpha value is -1.64. The van der Waals surface area contributed by atoms with Crippen molar-refractivity contribution in [3.63, 3.8) is 0 Å². The SMILES string of the molecule is CC(C)NCc1ccc(S(=O)(=O)NC(C)c2cn[nH]c2)o1. The minimum absolute atomic E-state index is 0.0848. The van der Waals surface area contributed by atoms with E-state index in [0.29, 0.717) is 18.3 Å². The molecule has 0 aliphatic carbocycles. The molecule has 0 saturated carbocycles. The molecule has 8 heteroatoms. The number of sulfonamides is 1. The van der Waals surface area contributed by atoms with Crippen molar-refractivity contribution in [1.82, 2.24) is 20.2 Å². The van der Waals surface area contributed by atoms with Gasteiger partial charge in [-0.25, -0.2) is 13.1 Å². The van der Waals surface area contributed by atoms with Gasteiger partial charge < -0.3 is 9.73 Å². The van der Waals surface area contributed by atoms with Crippen molar-refractivity contribution in [3.8, 4) is 0 Å². The summed E-state index contributed by atoms with van der Waals surface area (Å²) in [4.78, 5) is 0. The van der Waals surface area contributed by atoms with Crippen LogP contribution in [0.25, 0.3) is 0 Å². The van der Waals surface area contributed by atoms with E-state index in [2.05, 4.69) is 20.2 Å². The number of aromatic amines is 1. The molecule has 7 nitrogen and oxygen atoms in total. The Morgan fingerprint density at radius 2 is 2.10 bits per heavy atom. The molecule has 0 radical (unpaired) electrons. The molecule has 0 saturated heterocycles. The van der Waals surface area contributed by atoms with Crippen LogP contribution >= 0.6 is 0 Å². The Bertz CT molecular complexity index is 661. The van der Waals surface area contributed by atoms with Gasteiger partial charge in [0.15, 0.2) is 0 Å². The van der Waals surface area contributed by atoms with Gasteiger partial charge in [-0.2, -0.15) is 5.10 Å². The zero-order valence-electron chi connectivity index (χ0n) is 12.3. The summed E-state index contributed by atoms with van der Waals surface area (Å²) in [5.74, 6) is 0.583. The summed E-state index contributed by atoms with van der Waals surface area (Å²) in [5, 5.41) is 9.53. The zero-order chi connectivity index (χ0) is 15.5. The van der Waals surface area contributed by atoms with E-state index in [-0.39, 0.29) is 5.09 Å². The maximum absolute atomic E-state index is 12.2. The van der Waals surface area contributed by atoms with Crippen molar-refractivity contribution in [2.24, 2.45) is 0 Å². The van der Waals surface area contributed by atoms with Crippen LogP contribution in [0.1, 0.15) is 38.1 Å². The number of hydrogen-bond acceptors (Lipinski definition) is 5. The summed E-state index contributed by atoms with van der Waals surface area (Å²) in [5.41, 5.74) is 0.756. The van der Waals surface area contributed by atoms with Gasteiger partial charge in [0.25, 0.3) is 10.0 Å². The molecule has 2 rings (SSSR count).